The van der Waals surface area contributed by atoms with Crippen molar-refractivity contribution in [2.24, 2.45) is 16.8 Å². The summed E-state index contributed by atoms with van der Waals surface area (Å²) in [7, 11) is 0. The van der Waals surface area contributed by atoms with Gasteiger partial charge >= 0.3 is 0 Å². The Labute approximate surface area is 184 Å². The van der Waals surface area contributed by atoms with Gasteiger partial charge in [0.25, 0.3) is 5.91 Å². The fourth-order valence-corrected chi connectivity index (χ4v) is 4.53. The van der Waals surface area contributed by atoms with Gasteiger partial charge in [0.05, 0.1) is 6.04 Å². The molecule has 1 saturated heterocycles. The monoisotopic (exact) mass is 442 g/mol. The van der Waals surface area contributed by atoms with Gasteiger partial charge in [-0.1, -0.05) is 0 Å². The maximum atomic E-state index is 13.7. The van der Waals surface area contributed by atoms with Crippen LogP contribution in [0.4, 0.5) is 14.6 Å². The molecule has 1 aromatic carbocycles. The van der Waals surface area contributed by atoms with Gasteiger partial charge in [-0.3, -0.25) is 9.59 Å². The molecule has 2 aliphatic rings. The predicted molar refractivity (Wildman–Crippen MR) is 114 cm³/mol. The number of anilines is 1. The van der Waals surface area contributed by atoms with E-state index < -0.39 is 29.1 Å². The van der Waals surface area contributed by atoms with Crippen molar-refractivity contribution in [3.05, 3.63) is 53.5 Å². The Morgan fingerprint density at radius 3 is 2.50 bits per heavy atom. The lowest BCUT2D eigenvalue weighted by Gasteiger charge is -2.46. The number of rotatable bonds is 4. The van der Waals surface area contributed by atoms with E-state index in [-0.39, 0.29) is 17.5 Å². The number of amides is 2. The van der Waals surface area contributed by atoms with Crippen molar-refractivity contribution in [1.82, 2.24) is 15.0 Å². The molecule has 8 nitrogen and oxygen atoms in total. The van der Waals surface area contributed by atoms with Crippen molar-refractivity contribution >= 4 is 23.8 Å². The van der Waals surface area contributed by atoms with Crippen molar-refractivity contribution in [1.29, 1.82) is 0 Å². The number of primary amides is 1. The second-order valence-corrected chi connectivity index (χ2v) is 8.71. The Morgan fingerprint density at radius 1 is 1.12 bits per heavy atom. The van der Waals surface area contributed by atoms with Crippen LogP contribution in [-0.4, -0.2) is 45.1 Å². The van der Waals surface area contributed by atoms with Crippen LogP contribution in [0.3, 0.4) is 0 Å². The highest BCUT2D eigenvalue weighted by atomic mass is 19.1. The molecule has 2 N–H and O–H groups in total. The van der Waals surface area contributed by atoms with Gasteiger partial charge in [0.15, 0.2) is 0 Å². The van der Waals surface area contributed by atoms with E-state index in [1.165, 1.54) is 23.5 Å². The van der Waals surface area contributed by atoms with Crippen LogP contribution in [0.5, 0.6) is 0 Å². The van der Waals surface area contributed by atoms with Gasteiger partial charge in [0.1, 0.15) is 29.5 Å². The number of nitrogens with zero attached hydrogens (tertiary/aromatic N) is 5. The Hall–Kier alpha value is -3.43. The summed E-state index contributed by atoms with van der Waals surface area (Å²) in [4.78, 5) is 35.0. The van der Waals surface area contributed by atoms with E-state index in [1.807, 2.05) is 18.7 Å². The number of benzene rings is 1. The molecule has 3 heterocycles. The summed E-state index contributed by atoms with van der Waals surface area (Å²) in [6, 6.07) is 4.29. The second-order valence-electron chi connectivity index (χ2n) is 8.71. The third-order valence-electron chi connectivity index (χ3n) is 6.03. The molecule has 0 unspecified atom stereocenters. The molecule has 4 rings (SSSR count). The summed E-state index contributed by atoms with van der Waals surface area (Å²) in [6.45, 7) is 4.51. The highest BCUT2D eigenvalue weighted by molar-refractivity contribution is 5.91. The van der Waals surface area contributed by atoms with Crippen LogP contribution in [0.2, 0.25) is 0 Å². The van der Waals surface area contributed by atoms with E-state index in [0.717, 1.165) is 6.07 Å². The van der Waals surface area contributed by atoms with Gasteiger partial charge in [-0.25, -0.2) is 23.8 Å². The first-order chi connectivity index (χ1) is 15.2. The molecule has 1 fully saturated rings. The summed E-state index contributed by atoms with van der Waals surface area (Å²) < 4.78 is 27.4. The zero-order valence-electron chi connectivity index (χ0n) is 17.8. The van der Waals surface area contributed by atoms with Crippen molar-refractivity contribution < 1.29 is 18.4 Å². The number of hydrogen-bond donors (Lipinski definition) is 1. The minimum absolute atomic E-state index is 0.126. The van der Waals surface area contributed by atoms with Crippen LogP contribution >= 0.6 is 0 Å². The van der Waals surface area contributed by atoms with Crippen molar-refractivity contribution in [2.75, 3.05) is 11.4 Å². The first-order valence-electron chi connectivity index (χ1n) is 10.4. The van der Waals surface area contributed by atoms with Crippen LogP contribution in [0.15, 0.2) is 35.7 Å². The Morgan fingerprint density at radius 2 is 1.84 bits per heavy atom. The quantitative estimate of drug-likeness (QED) is 0.784. The highest BCUT2D eigenvalue weighted by Gasteiger charge is 2.42. The number of halogens is 2. The molecule has 2 aromatic rings. The Bertz CT molecular complexity index is 1070. The van der Waals surface area contributed by atoms with Gasteiger partial charge in [0.2, 0.25) is 5.91 Å². The average Bonchev–Trinajstić information content (AvgIpc) is 3.21. The van der Waals surface area contributed by atoms with E-state index in [2.05, 4.69) is 15.1 Å². The molecule has 0 aliphatic carbocycles. The fourth-order valence-electron chi connectivity index (χ4n) is 4.53. The molecule has 32 heavy (non-hydrogen) atoms. The third kappa shape index (κ3) is 4.17. The Balaban J connectivity index is 1.52. The van der Waals surface area contributed by atoms with E-state index in [1.54, 1.807) is 12.3 Å². The lowest BCUT2D eigenvalue weighted by Crippen LogP contribution is -2.53. The van der Waals surface area contributed by atoms with Crippen LogP contribution < -0.4 is 10.6 Å². The minimum atomic E-state index is -0.686. The second kappa shape index (κ2) is 8.25. The van der Waals surface area contributed by atoms with E-state index in [4.69, 9.17) is 5.73 Å². The number of carbonyl (C=O) groups is 2. The summed E-state index contributed by atoms with van der Waals surface area (Å²) in [5.74, 6) is -1.94. The summed E-state index contributed by atoms with van der Waals surface area (Å²) in [6.07, 6.45) is 4.34. The predicted octanol–water partition coefficient (Wildman–Crippen LogP) is 2.81. The number of nitrogens with two attached hydrogens (primary N) is 1. The first kappa shape index (κ1) is 21.8. The van der Waals surface area contributed by atoms with E-state index in [9.17, 15) is 18.4 Å². The normalized spacial score (nSPS) is 22.2. The summed E-state index contributed by atoms with van der Waals surface area (Å²) >= 11 is 0. The maximum absolute atomic E-state index is 13.7. The fraction of sp³-hybridized carbons (Fsp3) is 0.409. The SMILES string of the molecule is CC1(C)C[C@@H](C(=O)N2N=CC[C@H]2c2cc(F)cc(F)c2)CCN1c1cc(C(N)=O)ncn1. The molecule has 0 saturated carbocycles. The largest absolute Gasteiger partial charge is 0.364 e. The van der Waals surface area contributed by atoms with Crippen molar-refractivity contribution in [3.8, 4) is 0 Å². The number of carbonyl (C=O) groups excluding carboxylic acids is 2. The van der Waals surface area contributed by atoms with E-state index >= 15 is 0 Å². The first-order valence-corrected chi connectivity index (χ1v) is 10.4. The number of hydrogen-bond acceptors (Lipinski definition) is 6. The molecular weight excluding hydrogens is 418 g/mol. The van der Waals surface area contributed by atoms with Crippen molar-refractivity contribution in [3.63, 3.8) is 0 Å². The molecule has 2 aliphatic heterocycles. The topological polar surface area (TPSA) is 105 Å². The molecule has 168 valence electrons. The van der Waals surface area contributed by atoms with Crippen LogP contribution in [0, 0.1) is 17.6 Å². The highest BCUT2D eigenvalue weighted by Crippen LogP contribution is 2.38. The molecule has 0 spiro atoms. The van der Waals surface area contributed by atoms with Gasteiger partial charge in [-0.2, -0.15) is 5.10 Å². The summed E-state index contributed by atoms with van der Waals surface area (Å²) in [5, 5.41) is 5.56. The molecule has 0 bridgehead atoms. The maximum Gasteiger partial charge on any atom is 0.267 e. The van der Waals surface area contributed by atoms with Crippen molar-refractivity contribution in [2.45, 2.75) is 44.7 Å². The molecule has 2 amide bonds. The van der Waals surface area contributed by atoms with Gasteiger partial charge in [-0.15, -0.1) is 0 Å². The number of piperidine rings is 1. The van der Waals surface area contributed by atoms with Crippen LogP contribution in [0.1, 0.15) is 55.2 Å². The van der Waals surface area contributed by atoms with Gasteiger partial charge < -0.3 is 10.6 Å². The minimum Gasteiger partial charge on any atom is -0.364 e. The Kier molecular flexibility index (Phi) is 5.62. The van der Waals surface area contributed by atoms with Crippen LogP contribution in [-0.2, 0) is 4.79 Å². The van der Waals surface area contributed by atoms with Gasteiger partial charge in [0, 0.05) is 42.8 Å². The number of hydrazone groups is 1. The van der Waals surface area contributed by atoms with E-state index in [0.29, 0.717) is 37.2 Å². The lowest BCUT2D eigenvalue weighted by atomic mass is 9.81. The van der Waals surface area contributed by atoms with Gasteiger partial charge in [-0.05, 0) is 44.4 Å². The third-order valence-corrected chi connectivity index (χ3v) is 6.03. The number of aromatic nitrogens is 2. The lowest BCUT2D eigenvalue weighted by molar-refractivity contribution is -0.138. The molecule has 0 radical (unpaired) electrons. The zero-order chi connectivity index (χ0) is 23.0. The standard InChI is InChI=1S/C22H24F2N6O2/c1-22(2)11-13(4-6-29(22)19-10-17(20(25)31)26-12-27-19)21(32)30-18(3-5-28-30)14-7-15(23)9-16(24)8-14/h5,7-10,12-13,18H,3-4,6,11H2,1-2H3,(H2,25,31)/t13-,18-/m0/s1. The van der Waals surface area contributed by atoms with Crippen LogP contribution in [0.25, 0.3) is 0 Å². The smallest absolute Gasteiger partial charge is 0.267 e. The molecule has 1 aromatic heterocycles. The molecule has 2 atom stereocenters. The molecule has 10 heteroatoms. The average molecular weight is 442 g/mol. The zero-order valence-corrected chi connectivity index (χ0v) is 17.8. The summed E-state index contributed by atoms with van der Waals surface area (Å²) in [5.41, 5.74) is 5.39. The molecular formula is C22H24F2N6O2.